The predicted molar refractivity (Wildman–Crippen MR) is 134 cm³/mol. The molecule has 1 aliphatic carbocycles. The van der Waals surface area contributed by atoms with Crippen LogP contribution in [0.4, 0.5) is 0 Å². The summed E-state index contributed by atoms with van der Waals surface area (Å²) >= 11 is 0. The van der Waals surface area contributed by atoms with E-state index < -0.39 is 12.1 Å². The minimum absolute atomic E-state index is 0.151. The van der Waals surface area contributed by atoms with Crippen LogP contribution < -0.4 is 5.32 Å². The lowest BCUT2D eigenvalue weighted by atomic mass is 9.75. The number of aliphatic hydroxyl groups is 1. The van der Waals surface area contributed by atoms with Crippen LogP contribution in [0.25, 0.3) is 0 Å². The van der Waals surface area contributed by atoms with Gasteiger partial charge in [0.2, 0.25) is 0 Å². The van der Waals surface area contributed by atoms with E-state index in [0.29, 0.717) is 17.9 Å². The van der Waals surface area contributed by atoms with Crippen molar-refractivity contribution in [3.8, 4) is 0 Å². The second-order valence-corrected chi connectivity index (χ2v) is 11.1. The highest BCUT2D eigenvalue weighted by molar-refractivity contribution is 5.72. The zero-order valence-corrected chi connectivity index (χ0v) is 22.0. The molecule has 1 fully saturated rings. The summed E-state index contributed by atoms with van der Waals surface area (Å²) in [6.45, 7) is 15.4. The maximum atomic E-state index is 11.3. The van der Waals surface area contributed by atoms with Gasteiger partial charge in [0.1, 0.15) is 6.79 Å². The first-order valence-corrected chi connectivity index (χ1v) is 12.9. The zero-order chi connectivity index (χ0) is 24.8. The van der Waals surface area contributed by atoms with Gasteiger partial charge in [-0.3, -0.25) is 0 Å². The maximum absolute atomic E-state index is 11.3. The first-order chi connectivity index (χ1) is 15.1. The largest absolute Gasteiger partial charge is 0.479 e. The number of aliphatic hydroxyl groups excluding tert-OH is 1. The van der Waals surface area contributed by atoms with Crippen molar-refractivity contribution in [1.29, 1.82) is 0 Å². The summed E-state index contributed by atoms with van der Waals surface area (Å²) in [7, 11) is 2.05. The lowest BCUT2D eigenvalue weighted by Gasteiger charge is -2.31. The van der Waals surface area contributed by atoms with Crippen LogP contribution in [-0.4, -0.2) is 42.2 Å². The molecule has 0 saturated heterocycles. The van der Waals surface area contributed by atoms with E-state index in [-0.39, 0.29) is 11.8 Å². The van der Waals surface area contributed by atoms with Crippen molar-refractivity contribution in [3.63, 3.8) is 0 Å². The number of hydrogen-bond acceptors (Lipinski definition) is 4. The van der Waals surface area contributed by atoms with Gasteiger partial charge >= 0.3 is 5.97 Å². The normalized spacial score (nSPS) is 23.3. The van der Waals surface area contributed by atoms with Crippen molar-refractivity contribution in [2.75, 3.05) is 7.05 Å². The zero-order valence-electron chi connectivity index (χ0n) is 22.0. The fraction of sp³-hybridized carbons (Fsp3) is 0.926. The van der Waals surface area contributed by atoms with E-state index in [4.69, 9.17) is 4.79 Å². The average molecular weight is 456 g/mol. The third-order valence-corrected chi connectivity index (χ3v) is 8.04. The van der Waals surface area contributed by atoms with Gasteiger partial charge in [0.05, 0.1) is 0 Å². The number of carboxylic acid groups (broad SMARTS) is 1. The molecule has 7 unspecified atom stereocenters. The molecular formula is C27H53NO4. The third-order valence-electron chi connectivity index (χ3n) is 8.04. The molecule has 0 amide bonds. The summed E-state index contributed by atoms with van der Waals surface area (Å²) in [5.74, 6) is 2.67. The van der Waals surface area contributed by atoms with E-state index in [0.717, 1.165) is 30.6 Å². The van der Waals surface area contributed by atoms with E-state index in [1.54, 1.807) is 0 Å². The summed E-state index contributed by atoms with van der Waals surface area (Å²) in [5.41, 5.74) is 0. The smallest absolute Gasteiger partial charge is 0.332 e. The van der Waals surface area contributed by atoms with Gasteiger partial charge in [-0.05, 0) is 93.9 Å². The maximum Gasteiger partial charge on any atom is 0.332 e. The quantitative estimate of drug-likeness (QED) is 0.291. The summed E-state index contributed by atoms with van der Waals surface area (Å²) in [5, 5.41) is 22.7. The van der Waals surface area contributed by atoms with Gasteiger partial charge in [-0.1, -0.05) is 53.9 Å². The van der Waals surface area contributed by atoms with Gasteiger partial charge in [0.15, 0.2) is 6.10 Å². The number of nitrogens with one attached hydrogen (secondary N) is 1. The van der Waals surface area contributed by atoms with Gasteiger partial charge in [-0.25, -0.2) is 4.79 Å². The molecular weight excluding hydrogens is 402 g/mol. The molecule has 3 N–H and O–H groups in total. The van der Waals surface area contributed by atoms with Crippen LogP contribution >= 0.6 is 0 Å². The van der Waals surface area contributed by atoms with Crippen LogP contribution in [-0.2, 0) is 9.59 Å². The lowest BCUT2D eigenvalue weighted by molar-refractivity contribution is -0.151. The van der Waals surface area contributed by atoms with Crippen LogP contribution in [0.3, 0.4) is 0 Å². The van der Waals surface area contributed by atoms with Crippen LogP contribution in [0.15, 0.2) is 0 Å². The summed E-state index contributed by atoms with van der Waals surface area (Å²) in [6.07, 6.45) is 9.94. The summed E-state index contributed by atoms with van der Waals surface area (Å²) in [4.78, 5) is 19.3. The molecule has 0 radical (unpaired) electrons. The Balaban J connectivity index is 0.00000466. The third kappa shape index (κ3) is 11.3. The van der Waals surface area contributed by atoms with Crippen molar-refractivity contribution in [3.05, 3.63) is 0 Å². The Morgan fingerprint density at radius 1 is 0.938 bits per heavy atom. The Labute approximate surface area is 198 Å². The number of carbonyl (C=O) groups excluding carboxylic acids is 1. The van der Waals surface area contributed by atoms with E-state index in [2.05, 4.69) is 33.0 Å². The second kappa shape index (κ2) is 16.6. The van der Waals surface area contributed by atoms with Crippen LogP contribution in [0.2, 0.25) is 0 Å². The number of hydrogen-bond donors (Lipinski definition) is 3. The molecule has 0 aromatic heterocycles. The molecule has 5 nitrogen and oxygen atoms in total. The number of carbonyl (C=O) groups is 2. The fourth-order valence-corrected chi connectivity index (χ4v) is 5.65. The Morgan fingerprint density at radius 2 is 1.56 bits per heavy atom. The number of carboxylic acids is 1. The second-order valence-electron chi connectivity index (χ2n) is 11.1. The lowest BCUT2D eigenvalue weighted by Crippen LogP contribution is -2.33. The molecule has 1 saturated carbocycles. The molecule has 0 aliphatic heterocycles. The molecule has 0 heterocycles. The molecule has 1 aliphatic rings. The highest BCUT2D eigenvalue weighted by Crippen LogP contribution is 2.43. The van der Waals surface area contributed by atoms with Gasteiger partial charge in [0, 0.05) is 6.04 Å². The van der Waals surface area contributed by atoms with E-state index in [1.807, 2.05) is 27.7 Å². The van der Waals surface area contributed by atoms with Crippen molar-refractivity contribution in [2.24, 2.45) is 41.4 Å². The molecule has 5 heteroatoms. The van der Waals surface area contributed by atoms with Crippen molar-refractivity contribution in [1.82, 2.24) is 5.32 Å². The molecule has 0 aromatic rings. The predicted octanol–water partition coefficient (Wildman–Crippen LogP) is 5.79. The van der Waals surface area contributed by atoms with Gasteiger partial charge < -0.3 is 20.3 Å². The highest BCUT2D eigenvalue weighted by Gasteiger charge is 2.34. The van der Waals surface area contributed by atoms with Gasteiger partial charge in [0.25, 0.3) is 0 Å². The molecule has 190 valence electrons. The molecule has 32 heavy (non-hydrogen) atoms. The van der Waals surface area contributed by atoms with E-state index in [1.165, 1.54) is 44.9 Å². The Kier molecular flexibility index (Phi) is 16.1. The van der Waals surface area contributed by atoms with Crippen LogP contribution in [0.1, 0.15) is 99.3 Å². The summed E-state index contributed by atoms with van der Waals surface area (Å²) in [6, 6.07) is 0.615. The highest BCUT2D eigenvalue weighted by atomic mass is 16.4. The number of rotatable bonds is 15. The minimum atomic E-state index is -1.23. The monoisotopic (exact) mass is 455 g/mol. The fourth-order valence-electron chi connectivity index (χ4n) is 5.65. The van der Waals surface area contributed by atoms with E-state index in [9.17, 15) is 15.0 Å². The van der Waals surface area contributed by atoms with Crippen molar-refractivity contribution in [2.45, 2.75) is 111 Å². The van der Waals surface area contributed by atoms with Crippen LogP contribution in [0, 0.1) is 41.4 Å². The van der Waals surface area contributed by atoms with E-state index >= 15 is 0 Å². The topological polar surface area (TPSA) is 86.6 Å². The molecule has 0 spiro atoms. The molecule has 7 atom stereocenters. The number of aliphatic carboxylic acids is 1. The summed E-state index contributed by atoms with van der Waals surface area (Å²) < 4.78 is 0. The molecule has 1 rings (SSSR count). The first kappa shape index (κ1) is 31.1. The van der Waals surface area contributed by atoms with Crippen molar-refractivity contribution >= 4 is 12.8 Å². The first-order valence-electron chi connectivity index (χ1n) is 12.9. The standard InChI is InChI=1S/C26H51NO3.CH2O/c1-17(2)23(14-15-24(18(3)4)25(28)26(29)30)22-13-12-21(16-22)11-9-19(5)8-10-20(6)27-7;1-2/h17-25,27-28H,8-16H2,1-7H3,(H,29,30);1H2. The molecule has 0 bridgehead atoms. The van der Waals surface area contributed by atoms with Crippen LogP contribution in [0.5, 0.6) is 0 Å². The Morgan fingerprint density at radius 3 is 2.06 bits per heavy atom. The van der Waals surface area contributed by atoms with Gasteiger partial charge in [-0.2, -0.15) is 0 Å². The Bertz CT molecular complexity index is 496. The average Bonchev–Trinajstić information content (AvgIpc) is 3.22. The SMILES string of the molecule is C=O.CNC(C)CCC(C)CCC1CCC(C(CCC(C(C)C)C(O)C(=O)O)C(C)C)C1. The van der Waals surface area contributed by atoms with Gasteiger partial charge in [-0.15, -0.1) is 0 Å². The molecule has 0 aromatic carbocycles. The van der Waals surface area contributed by atoms with Crippen molar-refractivity contribution < 1.29 is 19.8 Å². The minimum Gasteiger partial charge on any atom is -0.479 e. The Hall–Kier alpha value is -0.940.